The molecule has 35 heavy (non-hydrogen) atoms. The number of hydrogen-bond acceptors (Lipinski definition) is 6. The summed E-state index contributed by atoms with van der Waals surface area (Å²) in [5.74, 6) is 1.16. The van der Waals surface area contributed by atoms with Crippen molar-refractivity contribution in [2.24, 2.45) is 5.92 Å². The van der Waals surface area contributed by atoms with Crippen LogP contribution >= 0.6 is 0 Å². The zero-order valence-corrected chi connectivity index (χ0v) is 19.7. The van der Waals surface area contributed by atoms with Crippen molar-refractivity contribution in [1.29, 1.82) is 10.7 Å². The van der Waals surface area contributed by atoms with E-state index >= 15 is 0 Å². The van der Waals surface area contributed by atoms with E-state index in [0.717, 1.165) is 53.3 Å². The average Bonchev–Trinajstić information content (AvgIpc) is 3.58. The van der Waals surface area contributed by atoms with Crippen molar-refractivity contribution in [2.75, 3.05) is 18.8 Å². The second-order valence-corrected chi connectivity index (χ2v) is 9.18. The highest BCUT2D eigenvalue weighted by Crippen LogP contribution is 2.31. The fourth-order valence-electron chi connectivity index (χ4n) is 4.95. The normalized spacial score (nSPS) is 16.9. The van der Waals surface area contributed by atoms with Crippen LogP contribution in [0.4, 0.5) is 10.1 Å². The molecule has 2 aliphatic rings. The number of fused-ring (bicyclic) bond motifs is 1. The number of nitrogens with two attached hydrogens (primary N) is 1. The Morgan fingerprint density at radius 1 is 1.29 bits per heavy atom. The summed E-state index contributed by atoms with van der Waals surface area (Å²) in [7, 11) is 0. The van der Waals surface area contributed by atoms with E-state index < -0.39 is 0 Å². The molecule has 0 aliphatic carbocycles. The zero-order valence-electron chi connectivity index (χ0n) is 19.7. The van der Waals surface area contributed by atoms with Gasteiger partial charge in [0, 0.05) is 24.3 Å². The third-order valence-corrected chi connectivity index (χ3v) is 6.98. The molecule has 0 spiro atoms. The minimum atomic E-state index is -0.288. The number of aromatic amines is 1. The van der Waals surface area contributed by atoms with E-state index in [9.17, 15) is 4.39 Å². The molecule has 1 aromatic heterocycles. The number of H-pyrrole nitrogens is 1. The Bertz CT molecular complexity index is 1340. The Balaban J connectivity index is 1.32. The Labute approximate surface area is 204 Å². The lowest BCUT2D eigenvalue weighted by atomic mass is 9.95. The molecule has 0 bridgehead atoms. The van der Waals surface area contributed by atoms with Crippen LogP contribution in [0.1, 0.15) is 41.7 Å². The van der Waals surface area contributed by atoms with Gasteiger partial charge in [-0.2, -0.15) is 5.26 Å². The van der Waals surface area contributed by atoms with Crippen molar-refractivity contribution in [3.05, 3.63) is 83.0 Å². The molecule has 1 saturated heterocycles. The highest BCUT2D eigenvalue weighted by atomic mass is 19.1. The summed E-state index contributed by atoms with van der Waals surface area (Å²) < 4.78 is 13.9. The number of hydrogen-bond donors (Lipinski definition) is 3. The molecular formula is C27H28FN7. The maximum absolute atomic E-state index is 13.9. The Morgan fingerprint density at radius 3 is 2.80 bits per heavy atom. The Morgan fingerprint density at radius 2 is 2.11 bits per heavy atom. The highest BCUT2D eigenvalue weighted by molar-refractivity contribution is 6.12. The number of nitrogens with one attached hydrogen (secondary N) is 2. The number of rotatable bonds is 6. The van der Waals surface area contributed by atoms with Gasteiger partial charge in [0.05, 0.1) is 42.3 Å². The first kappa shape index (κ1) is 22.7. The summed E-state index contributed by atoms with van der Waals surface area (Å²) in [5.41, 5.74) is 12.1. The molecule has 3 aromatic rings. The van der Waals surface area contributed by atoms with Crippen LogP contribution in [0.15, 0.2) is 48.8 Å². The number of anilines is 1. The van der Waals surface area contributed by atoms with Gasteiger partial charge in [-0.3, -0.25) is 5.41 Å². The van der Waals surface area contributed by atoms with Crippen molar-refractivity contribution in [1.82, 2.24) is 19.8 Å². The number of benzene rings is 2. The minimum absolute atomic E-state index is 0.0590. The van der Waals surface area contributed by atoms with Crippen LogP contribution in [0.3, 0.4) is 0 Å². The fourth-order valence-corrected chi connectivity index (χ4v) is 4.95. The van der Waals surface area contributed by atoms with E-state index in [1.54, 1.807) is 18.2 Å². The number of nitrogens with zero attached hydrogens (tertiary/aromatic N) is 4. The lowest BCUT2D eigenvalue weighted by Crippen LogP contribution is -2.30. The quantitative estimate of drug-likeness (QED) is 0.366. The topological polar surface area (TPSA) is 109 Å². The van der Waals surface area contributed by atoms with Gasteiger partial charge in [-0.1, -0.05) is 31.7 Å². The number of nitrogen functional groups attached to an aromatic ring is 1. The van der Waals surface area contributed by atoms with Crippen molar-refractivity contribution in [3.8, 4) is 17.2 Å². The first-order valence-electron chi connectivity index (χ1n) is 11.8. The summed E-state index contributed by atoms with van der Waals surface area (Å²) in [5, 5.41) is 17.9. The average molecular weight is 470 g/mol. The van der Waals surface area contributed by atoms with Crippen LogP contribution in [-0.2, 0) is 19.5 Å². The standard InChI is InChI=1S/C27H28FN7/c1-3-18-4-6-20(28)11-22(18)19-5-7-21(23(30)10-19)26(31)27-32-24-14-35(15-25(24)33-27)16(2)34-9-8-17(12-29)13-34/h4-7,10-11,17,31H,2-3,8-9,13-15,30H2,1H3,(H,32,33). The predicted octanol–water partition coefficient (Wildman–Crippen LogP) is 4.41. The summed E-state index contributed by atoms with van der Waals surface area (Å²) in [4.78, 5) is 12.3. The van der Waals surface area contributed by atoms with E-state index in [1.807, 2.05) is 13.0 Å². The molecule has 5 rings (SSSR count). The molecule has 178 valence electrons. The third-order valence-electron chi connectivity index (χ3n) is 6.98. The molecule has 1 fully saturated rings. The molecule has 8 heteroatoms. The molecular weight excluding hydrogens is 441 g/mol. The second kappa shape index (κ2) is 8.91. The van der Waals surface area contributed by atoms with Gasteiger partial charge in [0.2, 0.25) is 0 Å². The molecule has 2 aliphatic heterocycles. The summed E-state index contributed by atoms with van der Waals surface area (Å²) >= 11 is 0. The molecule has 3 heterocycles. The largest absolute Gasteiger partial charge is 0.398 e. The van der Waals surface area contributed by atoms with Gasteiger partial charge >= 0.3 is 0 Å². The molecule has 0 saturated carbocycles. The number of aromatic nitrogens is 2. The number of imidazole rings is 1. The van der Waals surface area contributed by atoms with Crippen molar-refractivity contribution >= 4 is 11.4 Å². The van der Waals surface area contributed by atoms with Crippen molar-refractivity contribution < 1.29 is 4.39 Å². The van der Waals surface area contributed by atoms with Crippen LogP contribution in [0.25, 0.3) is 11.1 Å². The van der Waals surface area contributed by atoms with Gasteiger partial charge in [-0.15, -0.1) is 0 Å². The molecule has 1 unspecified atom stereocenters. The predicted molar refractivity (Wildman–Crippen MR) is 134 cm³/mol. The molecule has 0 amide bonds. The first-order valence-corrected chi connectivity index (χ1v) is 11.8. The Hall–Kier alpha value is -4.12. The number of likely N-dealkylation sites (tertiary alicyclic amines) is 1. The summed E-state index contributed by atoms with van der Waals surface area (Å²) in [6.07, 6.45) is 1.65. The number of halogens is 1. The SMILES string of the molecule is C=C(N1Cc2nc(C(=N)c3ccc(-c4cc(F)ccc4CC)cc3N)[nH]c2C1)N1CCC(C#N)C1. The van der Waals surface area contributed by atoms with E-state index in [-0.39, 0.29) is 17.4 Å². The molecule has 2 aromatic carbocycles. The van der Waals surface area contributed by atoms with Crippen LogP contribution in [0.5, 0.6) is 0 Å². The second-order valence-electron chi connectivity index (χ2n) is 9.18. The van der Waals surface area contributed by atoms with Crippen LogP contribution < -0.4 is 5.73 Å². The van der Waals surface area contributed by atoms with E-state index in [0.29, 0.717) is 36.7 Å². The fraction of sp³-hybridized carbons (Fsp3) is 0.296. The monoisotopic (exact) mass is 469 g/mol. The van der Waals surface area contributed by atoms with E-state index in [1.165, 1.54) is 12.1 Å². The maximum Gasteiger partial charge on any atom is 0.156 e. The lowest BCUT2D eigenvalue weighted by Gasteiger charge is -2.29. The third kappa shape index (κ3) is 4.14. The minimum Gasteiger partial charge on any atom is -0.398 e. The van der Waals surface area contributed by atoms with Crippen molar-refractivity contribution in [2.45, 2.75) is 32.9 Å². The van der Waals surface area contributed by atoms with Crippen LogP contribution in [0.2, 0.25) is 0 Å². The first-order chi connectivity index (χ1) is 16.9. The number of aryl methyl sites for hydroxylation is 1. The molecule has 1 atom stereocenters. The zero-order chi connectivity index (χ0) is 24.7. The van der Waals surface area contributed by atoms with Gasteiger partial charge in [0.15, 0.2) is 5.82 Å². The summed E-state index contributed by atoms with van der Waals surface area (Å²) in [6, 6.07) is 12.6. The van der Waals surface area contributed by atoms with E-state index in [4.69, 9.17) is 16.4 Å². The van der Waals surface area contributed by atoms with Gasteiger partial charge in [0.25, 0.3) is 0 Å². The van der Waals surface area contributed by atoms with Crippen LogP contribution in [-0.4, -0.2) is 38.6 Å². The smallest absolute Gasteiger partial charge is 0.156 e. The van der Waals surface area contributed by atoms with Crippen molar-refractivity contribution in [3.63, 3.8) is 0 Å². The summed E-state index contributed by atoms with van der Waals surface area (Å²) in [6.45, 7) is 9.07. The molecule has 7 nitrogen and oxygen atoms in total. The maximum atomic E-state index is 13.9. The lowest BCUT2D eigenvalue weighted by molar-refractivity contribution is 0.235. The van der Waals surface area contributed by atoms with Gasteiger partial charge in [0.1, 0.15) is 11.5 Å². The Kier molecular flexibility index (Phi) is 5.77. The number of nitriles is 1. The van der Waals surface area contributed by atoms with Crippen LogP contribution in [0, 0.1) is 28.5 Å². The molecule has 4 N–H and O–H groups in total. The highest BCUT2D eigenvalue weighted by Gasteiger charge is 2.30. The van der Waals surface area contributed by atoms with Gasteiger partial charge in [-0.05, 0) is 47.7 Å². The van der Waals surface area contributed by atoms with E-state index in [2.05, 4.69) is 32.4 Å². The van der Waals surface area contributed by atoms with Gasteiger partial charge in [-0.25, -0.2) is 9.37 Å². The van der Waals surface area contributed by atoms with Gasteiger partial charge < -0.3 is 20.5 Å². The molecule has 0 radical (unpaired) electrons.